The van der Waals surface area contributed by atoms with Gasteiger partial charge in [0.2, 0.25) is 0 Å². The van der Waals surface area contributed by atoms with Crippen molar-refractivity contribution in [1.82, 2.24) is 0 Å². The summed E-state index contributed by atoms with van der Waals surface area (Å²) in [5, 5.41) is 9.87. The van der Waals surface area contributed by atoms with E-state index in [1.807, 2.05) is 0 Å². The summed E-state index contributed by atoms with van der Waals surface area (Å²) in [6.07, 6.45) is 0. The molecule has 0 atom stereocenters. The molecule has 8 rings (SSSR count). The lowest BCUT2D eigenvalue weighted by Gasteiger charge is -2.25. The maximum Gasteiger partial charge on any atom is 0.136 e. The maximum absolute atomic E-state index is 6.42. The van der Waals surface area contributed by atoms with Crippen molar-refractivity contribution < 1.29 is 4.42 Å². The Labute approximate surface area is 265 Å². The summed E-state index contributed by atoms with van der Waals surface area (Å²) < 4.78 is 6.42. The van der Waals surface area contributed by atoms with Crippen molar-refractivity contribution in [3.8, 4) is 22.3 Å². The Morgan fingerprint density at radius 2 is 0.911 bits per heavy atom. The smallest absolute Gasteiger partial charge is 0.136 e. The van der Waals surface area contributed by atoms with Crippen molar-refractivity contribution in [3.05, 3.63) is 132 Å². The minimum atomic E-state index is 0.0230. The van der Waals surface area contributed by atoms with Crippen LogP contribution in [-0.2, 0) is 10.8 Å². The summed E-state index contributed by atoms with van der Waals surface area (Å²) in [6.45, 7) is 13.8. The third kappa shape index (κ3) is 4.53. The van der Waals surface area contributed by atoms with E-state index in [2.05, 4.69) is 163 Å². The van der Waals surface area contributed by atoms with Gasteiger partial charge in [0.15, 0.2) is 0 Å². The Hall–Kier alpha value is -4.88. The van der Waals surface area contributed by atoms with Gasteiger partial charge in [-0.15, -0.1) is 0 Å². The summed E-state index contributed by atoms with van der Waals surface area (Å²) >= 11 is 0. The summed E-state index contributed by atoms with van der Waals surface area (Å²) in [5.41, 5.74) is 9.62. The van der Waals surface area contributed by atoms with E-state index in [1.54, 1.807) is 0 Å². The summed E-state index contributed by atoms with van der Waals surface area (Å²) in [6, 6.07) is 44.9. The third-order valence-electron chi connectivity index (χ3n) is 9.54. The maximum atomic E-state index is 6.42. The van der Waals surface area contributed by atoms with Gasteiger partial charge in [0.25, 0.3) is 0 Å². The van der Waals surface area contributed by atoms with Crippen LogP contribution in [0.2, 0.25) is 0 Å². The lowest BCUT2D eigenvalue weighted by molar-refractivity contribution is 0.590. The zero-order chi connectivity index (χ0) is 31.1. The third-order valence-corrected chi connectivity index (χ3v) is 9.54. The van der Waals surface area contributed by atoms with Gasteiger partial charge in [0.1, 0.15) is 11.2 Å². The number of rotatable bonds is 2. The lowest BCUT2D eigenvalue weighted by Crippen LogP contribution is -2.11. The first-order valence-corrected chi connectivity index (χ1v) is 16.0. The SMILES string of the molecule is CC(C)(C)c1ccc2c(-c3ccc4oc5cc6ccccc6cc5c4c3)c3cc(C(C)(C)C)ccc3c(-c3ccccc3)c2c1. The molecule has 0 bridgehead atoms. The molecule has 1 nitrogen and oxygen atoms in total. The topological polar surface area (TPSA) is 13.1 Å². The first-order chi connectivity index (χ1) is 21.6. The summed E-state index contributed by atoms with van der Waals surface area (Å²) in [4.78, 5) is 0. The van der Waals surface area contributed by atoms with E-state index in [0.29, 0.717) is 0 Å². The van der Waals surface area contributed by atoms with Gasteiger partial charge in [0, 0.05) is 10.8 Å². The van der Waals surface area contributed by atoms with Crippen molar-refractivity contribution in [2.24, 2.45) is 0 Å². The van der Waals surface area contributed by atoms with Crippen molar-refractivity contribution in [2.45, 2.75) is 52.4 Å². The molecule has 0 aliphatic carbocycles. The van der Waals surface area contributed by atoms with Crippen molar-refractivity contribution in [2.75, 3.05) is 0 Å². The fourth-order valence-corrected chi connectivity index (χ4v) is 7.01. The lowest BCUT2D eigenvalue weighted by atomic mass is 9.79. The molecule has 220 valence electrons. The van der Waals surface area contributed by atoms with Crippen LogP contribution in [-0.4, -0.2) is 0 Å². The quantitative estimate of drug-likeness (QED) is 0.185. The minimum Gasteiger partial charge on any atom is -0.456 e. The van der Waals surface area contributed by atoms with Gasteiger partial charge in [-0.1, -0.05) is 126 Å². The van der Waals surface area contributed by atoms with Gasteiger partial charge in [-0.05, 0) is 113 Å². The van der Waals surface area contributed by atoms with Gasteiger partial charge in [0.05, 0.1) is 0 Å². The molecule has 0 unspecified atom stereocenters. The highest BCUT2D eigenvalue weighted by atomic mass is 16.3. The monoisotopic (exact) mass is 582 g/mol. The molecule has 1 heteroatoms. The van der Waals surface area contributed by atoms with Gasteiger partial charge in [-0.25, -0.2) is 0 Å². The van der Waals surface area contributed by atoms with E-state index in [9.17, 15) is 0 Å². The molecule has 0 saturated heterocycles. The molecule has 45 heavy (non-hydrogen) atoms. The molecule has 0 radical (unpaired) electrons. The predicted octanol–water partition coefficient (Wildman–Crippen LogP) is 13.0. The van der Waals surface area contributed by atoms with Crippen LogP contribution < -0.4 is 0 Å². The van der Waals surface area contributed by atoms with Crippen LogP contribution in [0.5, 0.6) is 0 Å². The molecule has 7 aromatic carbocycles. The highest BCUT2D eigenvalue weighted by Gasteiger charge is 2.23. The number of furan rings is 1. The molecule has 0 amide bonds. The van der Waals surface area contributed by atoms with Gasteiger partial charge >= 0.3 is 0 Å². The van der Waals surface area contributed by atoms with Crippen LogP contribution in [0.3, 0.4) is 0 Å². The van der Waals surface area contributed by atoms with Crippen LogP contribution >= 0.6 is 0 Å². The molecular weight excluding hydrogens is 544 g/mol. The molecule has 0 spiro atoms. The van der Waals surface area contributed by atoms with E-state index < -0.39 is 0 Å². The van der Waals surface area contributed by atoms with Crippen molar-refractivity contribution in [3.63, 3.8) is 0 Å². The van der Waals surface area contributed by atoms with Gasteiger partial charge < -0.3 is 4.42 Å². The average Bonchev–Trinajstić information content (AvgIpc) is 3.38. The second-order valence-electron chi connectivity index (χ2n) is 14.6. The number of fused-ring (bicyclic) bond motifs is 6. The van der Waals surface area contributed by atoms with Crippen molar-refractivity contribution >= 4 is 54.3 Å². The molecule has 0 aliphatic heterocycles. The van der Waals surface area contributed by atoms with E-state index in [-0.39, 0.29) is 10.8 Å². The van der Waals surface area contributed by atoms with E-state index in [4.69, 9.17) is 4.42 Å². The van der Waals surface area contributed by atoms with Crippen molar-refractivity contribution in [1.29, 1.82) is 0 Å². The Morgan fingerprint density at radius 3 is 1.51 bits per heavy atom. The number of hydrogen-bond donors (Lipinski definition) is 0. The largest absolute Gasteiger partial charge is 0.456 e. The second-order valence-corrected chi connectivity index (χ2v) is 14.6. The van der Waals surface area contributed by atoms with Gasteiger partial charge in [-0.3, -0.25) is 0 Å². The summed E-state index contributed by atoms with van der Waals surface area (Å²) in [5.74, 6) is 0. The van der Waals surface area contributed by atoms with Crippen LogP contribution in [0.15, 0.2) is 126 Å². The normalized spacial score (nSPS) is 12.7. The molecule has 0 saturated carbocycles. The van der Waals surface area contributed by atoms with Crippen LogP contribution in [0, 0.1) is 0 Å². The zero-order valence-electron chi connectivity index (χ0n) is 27.0. The molecular formula is C44H38O. The molecule has 8 aromatic rings. The highest BCUT2D eigenvalue weighted by molar-refractivity contribution is 6.22. The zero-order valence-corrected chi connectivity index (χ0v) is 27.0. The van der Waals surface area contributed by atoms with Crippen LogP contribution in [0.25, 0.3) is 76.5 Å². The molecule has 1 heterocycles. The Bertz CT molecular complexity index is 2430. The fourth-order valence-electron chi connectivity index (χ4n) is 7.01. The first kappa shape index (κ1) is 27.7. The minimum absolute atomic E-state index is 0.0230. The molecule has 0 N–H and O–H groups in total. The highest BCUT2D eigenvalue weighted by Crippen LogP contribution is 2.47. The summed E-state index contributed by atoms with van der Waals surface area (Å²) in [7, 11) is 0. The number of hydrogen-bond acceptors (Lipinski definition) is 1. The molecule has 1 aromatic heterocycles. The van der Waals surface area contributed by atoms with Gasteiger partial charge in [-0.2, -0.15) is 0 Å². The molecule has 0 aliphatic rings. The van der Waals surface area contributed by atoms with Crippen LogP contribution in [0.4, 0.5) is 0 Å². The fraction of sp³-hybridized carbons (Fsp3) is 0.182. The Kier molecular flexibility index (Phi) is 6.03. The van der Waals surface area contributed by atoms with E-state index >= 15 is 0 Å². The Balaban J connectivity index is 1.52. The number of benzene rings is 7. The Morgan fingerprint density at radius 1 is 0.378 bits per heavy atom. The predicted molar refractivity (Wildman–Crippen MR) is 195 cm³/mol. The molecule has 0 fully saturated rings. The standard InChI is InChI=1S/C44H38O/c1-43(2,3)31-18-20-34-37(25-31)41(27-12-8-7-9-13-27)33-19-17-32(44(4,5)6)26-38(33)42(34)30-16-21-39-35(23-30)36-22-28-14-10-11-15-29(28)24-40(36)45-39/h7-26H,1-6H3. The van der Waals surface area contributed by atoms with E-state index in [1.165, 1.54) is 65.7 Å². The first-order valence-electron chi connectivity index (χ1n) is 16.0. The van der Waals surface area contributed by atoms with Crippen LogP contribution in [0.1, 0.15) is 52.7 Å². The average molecular weight is 583 g/mol. The van der Waals surface area contributed by atoms with E-state index in [0.717, 1.165) is 21.9 Å². The second kappa shape index (κ2) is 9.81.